The van der Waals surface area contributed by atoms with Crippen LogP contribution in [-0.2, 0) is 11.2 Å². The van der Waals surface area contributed by atoms with Crippen LogP contribution in [0, 0.1) is 5.92 Å². The molecule has 0 unspecified atom stereocenters. The molecule has 0 N–H and O–H groups in total. The zero-order valence-electron chi connectivity index (χ0n) is 12.6. The molecule has 0 radical (unpaired) electrons. The summed E-state index contributed by atoms with van der Waals surface area (Å²) in [5.41, 5.74) is 1.78. The predicted molar refractivity (Wildman–Crippen MR) is 81.5 cm³/mol. The Kier molecular flexibility index (Phi) is 4.53. The number of rotatable bonds is 4. The summed E-state index contributed by atoms with van der Waals surface area (Å²) in [7, 11) is 1.75. The van der Waals surface area contributed by atoms with E-state index in [2.05, 4.69) is 17.3 Å². The van der Waals surface area contributed by atoms with Crippen molar-refractivity contribution >= 4 is 5.91 Å². The molecule has 1 aromatic heterocycles. The van der Waals surface area contributed by atoms with Crippen LogP contribution in [0.2, 0.25) is 0 Å². The minimum absolute atomic E-state index is 0.0196. The van der Waals surface area contributed by atoms with E-state index >= 15 is 0 Å². The number of nitrogens with zero attached hydrogens (tertiary/aromatic N) is 2. The lowest BCUT2D eigenvalue weighted by atomic mass is 9.88. The van der Waals surface area contributed by atoms with Gasteiger partial charge in [0, 0.05) is 26.1 Å². The number of methoxy groups -OCH3 is 1. The van der Waals surface area contributed by atoms with Crippen molar-refractivity contribution < 1.29 is 14.1 Å². The van der Waals surface area contributed by atoms with Gasteiger partial charge in [-0.05, 0) is 18.4 Å². The van der Waals surface area contributed by atoms with Crippen LogP contribution in [0.15, 0.2) is 47.3 Å². The third-order valence-corrected chi connectivity index (χ3v) is 4.27. The third kappa shape index (κ3) is 3.20. The smallest absolute Gasteiger partial charge is 0.258 e. The van der Waals surface area contributed by atoms with Crippen LogP contribution < -0.4 is 0 Å². The van der Waals surface area contributed by atoms with E-state index < -0.39 is 0 Å². The van der Waals surface area contributed by atoms with Gasteiger partial charge in [-0.3, -0.25) is 4.79 Å². The summed E-state index contributed by atoms with van der Waals surface area (Å²) in [4.78, 5) is 14.3. The molecule has 1 saturated heterocycles. The third-order valence-electron chi connectivity index (χ3n) is 4.27. The van der Waals surface area contributed by atoms with Gasteiger partial charge in [-0.25, -0.2) is 0 Å². The first kappa shape index (κ1) is 14.8. The van der Waals surface area contributed by atoms with Gasteiger partial charge >= 0.3 is 0 Å². The molecule has 2 heterocycles. The van der Waals surface area contributed by atoms with Gasteiger partial charge in [-0.2, -0.15) is 0 Å². The van der Waals surface area contributed by atoms with E-state index in [0.29, 0.717) is 24.6 Å². The van der Waals surface area contributed by atoms with Gasteiger partial charge in [0.2, 0.25) is 0 Å². The molecule has 1 amide bonds. The summed E-state index contributed by atoms with van der Waals surface area (Å²) in [5.74, 6) is 0.277. The van der Waals surface area contributed by atoms with E-state index in [4.69, 9.17) is 9.26 Å². The number of likely N-dealkylation sites (tertiary alicyclic amines) is 1. The number of amides is 1. The van der Waals surface area contributed by atoms with Gasteiger partial charge in [0.25, 0.3) is 5.91 Å². The van der Waals surface area contributed by atoms with Crippen LogP contribution in [0.3, 0.4) is 0 Å². The number of aromatic nitrogens is 1. The monoisotopic (exact) mass is 300 g/mol. The maximum atomic E-state index is 12.4. The summed E-state index contributed by atoms with van der Waals surface area (Å²) in [6.07, 6.45) is 4.82. The van der Waals surface area contributed by atoms with Crippen molar-refractivity contribution in [3.8, 4) is 0 Å². The molecular weight excluding hydrogens is 280 g/mol. The second kappa shape index (κ2) is 6.75. The van der Waals surface area contributed by atoms with Crippen LogP contribution in [0.5, 0.6) is 0 Å². The first-order valence-electron chi connectivity index (χ1n) is 7.53. The summed E-state index contributed by atoms with van der Waals surface area (Å²) < 4.78 is 10.4. The fraction of sp³-hybridized carbons (Fsp3) is 0.412. The molecule has 1 fully saturated rings. The number of piperidine rings is 1. The summed E-state index contributed by atoms with van der Waals surface area (Å²) in [5, 5.41) is 3.61. The van der Waals surface area contributed by atoms with Gasteiger partial charge < -0.3 is 14.2 Å². The number of benzene rings is 1. The van der Waals surface area contributed by atoms with Crippen LogP contribution >= 0.6 is 0 Å². The van der Waals surface area contributed by atoms with Crippen molar-refractivity contribution in [2.45, 2.75) is 18.9 Å². The number of carbonyl (C=O) groups excluding carboxylic acids is 1. The minimum Gasteiger partial charge on any atom is -0.381 e. The average molecular weight is 300 g/mol. The quantitative estimate of drug-likeness (QED) is 0.870. The highest BCUT2D eigenvalue weighted by atomic mass is 16.5. The molecule has 2 aromatic rings. The zero-order valence-corrected chi connectivity index (χ0v) is 12.6. The molecule has 2 atom stereocenters. The Balaban J connectivity index is 1.71. The minimum atomic E-state index is -0.0196. The van der Waals surface area contributed by atoms with Gasteiger partial charge in [-0.1, -0.05) is 35.5 Å². The van der Waals surface area contributed by atoms with Crippen molar-refractivity contribution in [1.29, 1.82) is 0 Å². The molecule has 1 aromatic carbocycles. The van der Waals surface area contributed by atoms with Crippen molar-refractivity contribution in [2.24, 2.45) is 5.92 Å². The zero-order chi connectivity index (χ0) is 15.4. The molecule has 3 rings (SSSR count). The second-order valence-corrected chi connectivity index (χ2v) is 5.68. The highest BCUT2D eigenvalue weighted by molar-refractivity contribution is 5.93. The second-order valence-electron chi connectivity index (χ2n) is 5.68. The number of hydrogen-bond acceptors (Lipinski definition) is 4. The van der Waals surface area contributed by atoms with Crippen LogP contribution in [0.25, 0.3) is 0 Å². The first-order chi connectivity index (χ1) is 10.8. The normalized spacial score (nSPS) is 21.8. The van der Waals surface area contributed by atoms with E-state index in [-0.39, 0.29) is 12.0 Å². The van der Waals surface area contributed by atoms with Crippen LogP contribution in [0.4, 0.5) is 0 Å². The van der Waals surface area contributed by atoms with E-state index in [9.17, 15) is 4.79 Å². The summed E-state index contributed by atoms with van der Waals surface area (Å²) in [6.45, 7) is 1.39. The van der Waals surface area contributed by atoms with Gasteiger partial charge in [0.05, 0.1) is 17.9 Å². The summed E-state index contributed by atoms with van der Waals surface area (Å²) >= 11 is 0. The fourth-order valence-electron chi connectivity index (χ4n) is 3.11. The molecule has 116 valence electrons. The molecule has 0 bridgehead atoms. The Labute approximate surface area is 129 Å². The van der Waals surface area contributed by atoms with E-state index in [1.54, 1.807) is 7.11 Å². The maximum absolute atomic E-state index is 12.4. The van der Waals surface area contributed by atoms with Crippen molar-refractivity contribution in [3.05, 3.63) is 53.9 Å². The molecule has 5 nitrogen and oxygen atoms in total. The number of hydrogen-bond donors (Lipinski definition) is 0. The lowest BCUT2D eigenvalue weighted by molar-refractivity contribution is -0.00301. The first-order valence-corrected chi connectivity index (χ1v) is 7.53. The highest BCUT2D eigenvalue weighted by Crippen LogP contribution is 2.24. The molecular formula is C17H20N2O3. The maximum Gasteiger partial charge on any atom is 0.258 e. The highest BCUT2D eigenvalue weighted by Gasteiger charge is 2.32. The number of ether oxygens (including phenoxy) is 1. The van der Waals surface area contributed by atoms with Crippen LogP contribution in [0.1, 0.15) is 22.3 Å². The average Bonchev–Trinajstić information content (AvgIpc) is 3.09. The van der Waals surface area contributed by atoms with Crippen LogP contribution in [-0.4, -0.2) is 42.3 Å². The standard InChI is InChI=1S/C17H20N2O3/c1-21-16-7-8-19(17(20)15-10-18-22-12-15)11-14(16)9-13-5-3-2-4-6-13/h2-6,10,12,14,16H,7-9,11H2,1H3/t14-,16+/m0/s1. The van der Waals surface area contributed by atoms with Gasteiger partial charge in [-0.15, -0.1) is 0 Å². The van der Waals surface area contributed by atoms with Crippen molar-refractivity contribution in [2.75, 3.05) is 20.2 Å². The Morgan fingerprint density at radius 3 is 2.91 bits per heavy atom. The molecule has 1 aliphatic rings. The molecule has 0 spiro atoms. The molecule has 1 aliphatic heterocycles. The fourth-order valence-corrected chi connectivity index (χ4v) is 3.11. The summed E-state index contributed by atoms with van der Waals surface area (Å²) in [6, 6.07) is 10.3. The molecule has 0 saturated carbocycles. The van der Waals surface area contributed by atoms with E-state index in [1.807, 2.05) is 23.1 Å². The topological polar surface area (TPSA) is 55.6 Å². The Hall–Kier alpha value is -2.14. The molecule has 5 heteroatoms. The van der Waals surface area contributed by atoms with Gasteiger partial charge in [0.1, 0.15) is 6.26 Å². The van der Waals surface area contributed by atoms with E-state index in [0.717, 1.165) is 12.8 Å². The number of carbonyl (C=O) groups is 1. The predicted octanol–water partition coefficient (Wildman–Crippen LogP) is 2.39. The SMILES string of the molecule is CO[C@@H]1CCN(C(=O)c2cnoc2)C[C@@H]1Cc1ccccc1. The van der Waals surface area contributed by atoms with Gasteiger partial charge in [0.15, 0.2) is 0 Å². The molecule has 0 aliphatic carbocycles. The lowest BCUT2D eigenvalue weighted by Crippen LogP contribution is -2.47. The Morgan fingerprint density at radius 1 is 1.41 bits per heavy atom. The van der Waals surface area contributed by atoms with Crippen molar-refractivity contribution in [1.82, 2.24) is 10.1 Å². The Bertz CT molecular complexity index is 598. The van der Waals surface area contributed by atoms with E-state index in [1.165, 1.54) is 18.0 Å². The Morgan fingerprint density at radius 2 is 2.23 bits per heavy atom. The lowest BCUT2D eigenvalue weighted by Gasteiger charge is -2.37. The van der Waals surface area contributed by atoms with Crippen molar-refractivity contribution in [3.63, 3.8) is 0 Å². The molecule has 22 heavy (non-hydrogen) atoms. The largest absolute Gasteiger partial charge is 0.381 e.